The fourth-order valence-corrected chi connectivity index (χ4v) is 1.33. The van der Waals surface area contributed by atoms with E-state index in [1.165, 1.54) is 0 Å². The van der Waals surface area contributed by atoms with E-state index in [0.29, 0.717) is 12.3 Å². The van der Waals surface area contributed by atoms with Gasteiger partial charge in [-0.15, -0.1) is 0 Å². The number of hydrogen-bond donors (Lipinski definition) is 1. The predicted octanol–water partition coefficient (Wildman–Crippen LogP) is 1.49. The second-order valence-corrected chi connectivity index (χ2v) is 3.92. The van der Waals surface area contributed by atoms with Crippen LogP contribution in [-0.2, 0) is 4.79 Å². The van der Waals surface area contributed by atoms with E-state index in [2.05, 4.69) is 26.1 Å². The summed E-state index contributed by atoms with van der Waals surface area (Å²) in [5, 5.41) is 3.23. The maximum atomic E-state index is 11.7. The van der Waals surface area contributed by atoms with Crippen LogP contribution in [0, 0.1) is 5.92 Å². The van der Waals surface area contributed by atoms with Gasteiger partial charge in [-0.2, -0.15) is 0 Å². The summed E-state index contributed by atoms with van der Waals surface area (Å²) in [5.74, 6) is 0.732. The lowest BCUT2D eigenvalue weighted by Gasteiger charge is -2.21. The third-order valence-corrected chi connectivity index (χ3v) is 2.13. The Balaban J connectivity index is 3.81. The molecule has 0 rings (SSSR count). The molecule has 0 aliphatic carbocycles. The first-order chi connectivity index (χ1) is 6.61. The molecular formula is C11H24N2O. The highest BCUT2D eigenvalue weighted by Crippen LogP contribution is 2.03. The van der Waals surface area contributed by atoms with E-state index in [0.717, 1.165) is 26.2 Å². The topological polar surface area (TPSA) is 32.3 Å². The van der Waals surface area contributed by atoms with Crippen LogP contribution in [0.15, 0.2) is 0 Å². The number of likely N-dealkylation sites (N-methyl/N-ethyl adjacent to an activating group) is 2. The molecule has 1 amide bonds. The molecule has 3 nitrogen and oxygen atoms in total. The van der Waals surface area contributed by atoms with Gasteiger partial charge in [0.2, 0.25) is 5.91 Å². The van der Waals surface area contributed by atoms with Crippen LogP contribution < -0.4 is 5.32 Å². The Hall–Kier alpha value is -0.570. The minimum atomic E-state index is 0.278. The van der Waals surface area contributed by atoms with Gasteiger partial charge in [-0.1, -0.05) is 20.8 Å². The Morgan fingerprint density at radius 1 is 1.36 bits per heavy atom. The van der Waals surface area contributed by atoms with Crippen molar-refractivity contribution in [3.05, 3.63) is 0 Å². The normalized spacial score (nSPS) is 10.6. The zero-order chi connectivity index (χ0) is 11.0. The minimum absolute atomic E-state index is 0.278. The molecule has 0 atom stereocenters. The Labute approximate surface area is 87.9 Å². The number of amides is 1. The van der Waals surface area contributed by atoms with E-state index in [4.69, 9.17) is 0 Å². The Kier molecular flexibility index (Phi) is 7.48. The Morgan fingerprint density at radius 3 is 2.43 bits per heavy atom. The summed E-state index contributed by atoms with van der Waals surface area (Å²) in [7, 11) is 0. The predicted molar refractivity (Wildman–Crippen MR) is 60.3 cm³/mol. The number of hydrogen-bond acceptors (Lipinski definition) is 2. The molecule has 0 saturated heterocycles. The first-order valence-electron chi connectivity index (χ1n) is 5.60. The van der Waals surface area contributed by atoms with Gasteiger partial charge in [-0.3, -0.25) is 4.79 Å². The molecule has 0 radical (unpaired) electrons. The Morgan fingerprint density at radius 2 is 2.00 bits per heavy atom. The van der Waals surface area contributed by atoms with Gasteiger partial charge in [0.1, 0.15) is 0 Å². The first kappa shape index (κ1) is 13.4. The molecule has 0 aliphatic rings. The van der Waals surface area contributed by atoms with E-state index in [1.54, 1.807) is 0 Å². The van der Waals surface area contributed by atoms with Crippen LogP contribution in [0.4, 0.5) is 0 Å². The second kappa shape index (κ2) is 7.80. The van der Waals surface area contributed by atoms with E-state index >= 15 is 0 Å². The number of rotatable bonds is 7. The van der Waals surface area contributed by atoms with Crippen LogP contribution in [0.3, 0.4) is 0 Å². The van der Waals surface area contributed by atoms with E-state index < -0.39 is 0 Å². The van der Waals surface area contributed by atoms with Gasteiger partial charge in [0.05, 0.1) is 0 Å². The van der Waals surface area contributed by atoms with Crippen molar-refractivity contribution in [2.24, 2.45) is 5.92 Å². The molecule has 0 fully saturated rings. The smallest absolute Gasteiger partial charge is 0.222 e. The van der Waals surface area contributed by atoms with Crippen LogP contribution in [0.1, 0.15) is 34.1 Å². The van der Waals surface area contributed by atoms with Crippen LogP contribution in [0.25, 0.3) is 0 Å². The highest BCUT2D eigenvalue weighted by molar-refractivity contribution is 5.76. The maximum absolute atomic E-state index is 11.7. The quantitative estimate of drug-likeness (QED) is 0.632. The van der Waals surface area contributed by atoms with Crippen molar-refractivity contribution in [1.29, 1.82) is 0 Å². The molecule has 0 aromatic carbocycles. The number of carbonyl (C=O) groups excluding carboxylic acids is 1. The van der Waals surface area contributed by atoms with Crippen LogP contribution >= 0.6 is 0 Å². The third-order valence-electron chi connectivity index (χ3n) is 2.13. The molecule has 0 aromatic heterocycles. The summed E-state index contributed by atoms with van der Waals surface area (Å²) in [4.78, 5) is 13.6. The van der Waals surface area contributed by atoms with Crippen molar-refractivity contribution in [3.63, 3.8) is 0 Å². The van der Waals surface area contributed by atoms with E-state index in [-0.39, 0.29) is 5.91 Å². The molecule has 0 unspecified atom stereocenters. The molecule has 0 aliphatic heterocycles. The summed E-state index contributed by atoms with van der Waals surface area (Å²) in [5.41, 5.74) is 0. The van der Waals surface area contributed by atoms with Gasteiger partial charge >= 0.3 is 0 Å². The lowest BCUT2D eigenvalue weighted by Crippen LogP contribution is -2.37. The van der Waals surface area contributed by atoms with Crippen LogP contribution in [0.5, 0.6) is 0 Å². The zero-order valence-corrected chi connectivity index (χ0v) is 9.97. The number of nitrogens with one attached hydrogen (secondary N) is 1. The molecule has 84 valence electrons. The van der Waals surface area contributed by atoms with Gasteiger partial charge in [0, 0.05) is 26.1 Å². The van der Waals surface area contributed by atoms with E-state index in [1.807, 2.05) is 11.8 Å². The molecule has 0 bridgehead atoms. The average molecular weight is 200 g/mol. The SMILES string of the molecule is CCNCCN(CC)C(=O)CC(C)C. The summed E-state index contributed by atoms with van der Waals surface area (Å²) in [6.07, 6.45) is 0.667. The first-order valence-corrected chi connectivity index (χ1v) is 5.60. The highest BCUT2D eigenvalue weighted by Gasteiger charge is 2.11. The molecular weight excluding hydrogens is 176 g/mol. The van der Waals surface area contributed by atoms with Crippen molar-refractivity contribution >= 4 is 5.91 Å². The second-order valence-electron chi connectivity index (χ2n) is 3.92. The number of nitrogens with zero attached hydrogens (tertiary/aromatic N) is 1. The van der Waals surface area contributed by atoms with Crippen molar-refractivity contribution in [2.75, 3.05) is 26.2 Å². The summed E-state index contributed by atoms with van der Waals surface area (Å²) < 4.78 is 0. The van der Waals surface area contributed by atoms with Gasteiger partial charge in [0.15, 0.2) is 0 Å². The molecule has 0 spiro atoms. The summed E-state index contributed by atoms with van der Waals surface area (Å²) in [6.45, 7) is 11.8. The van der Waals surface area contributed by atoms with Gasteiger partial charge < -0.3 is 10.2 Å². The fourth-order valence-electron chi connectivity index (χ4n) is 1.33. The van der Waals surface area contributed by atoms with E-state index in [9.17, 15) is 4.79 Å². The molecule has 0 saturated carbocycles. The lowest BCUT2D eigenvalue weighted by atomic mass is 10.1. The molecule has 3 heteroatoms. The van der Waals surface area contributed by atoms with Crippen LogP contribution in [0.2, 0.25) is 0 Å². The van der Waals surface area contributed by atoms with Crippen molar-refractivity contribution in [2.45, 2.75) is 34.1 Å². The maximum Gasteiger partial charge on any atom is 0.222 e. The molecule has 0 aromatic rings. The Bertz CT molecular complexity index is 157. The number of carbonyl (C=O) groups is 1. The van der Waals surface area contributed by atoms with Crippen LogP contribution in [-0.4, -0.2) is 37.0 Å². The van der Waals surface area contributed by atoms with Gasteiger partial charge in [-0.25, -0.2) is 0 Å². The minimum Gasteiger partial charge on any atom is -0.342 e. The average Bonchev–Trinajstić information content (AvgIpc) is 2.11. The zero-order valence-electron chi connectivity index (χ0n) is 9.97. The fraction of sp³-hybridized carbons (Fsp3) is 0.909. The summed E-state index contributed by atoms with van der Waals surface area (Å²) in [6, 6.07) is 0. The van der Waals surface area contributed by atoms with Gasteiger partial charge in [-0.05, 0) is 19.4 Å². The van der Waals surface area contributed by atoms with Gasteiger partial charge in [0.25, 0.3) is 0 Å². The molecule has 0 heterocycles. The molecule has 14 heavy (non-hydrogen) atoms. The van der Waals surface area contributed by atoms with Crippen molar-refractivity contribution in [1.82, 2.24) is 10.2 Å². The third kappa shape index (κ3) is 5.97. The molecule has 1 N–H and O–H groups in total. The largest absolute Gasteiger partial charge is 0.342 e. The highest BCUT2D eigenvalue weighted by atomic mass is 16.2. The van der Waals surface area contributed by atoms with Crippen molar-refractivity contribution < 1.29 is 4.79 Å². The van der Waals surface area contributed by atoms with Crippen molar-refractivity contribution in [3.8, 4) is 0 Å². The standard InChI is InChI=1S/C11H24N2O/c1-5-12-7-8-13(6-2)11(14)9-10(3)4/h10,12H,5-9H2,1-4H3. The lowest BCUT2D eigenvalue weighted by molar-refractivity contribution is -0.131. The monoisotopic (exact) mass is 200 g/mol. The summed E-state index contributed by atoms with van der Waals surface area (Å²) >= 11 is 0.